The molecule has 1 heterocycles. The number of anilines is 2. The van der Waals surface area contributed by atoms with E-state index in [0.29, 0.717) is 22.7 Å². The summed E-state index contributed by atoms with van der Waals surface area (Å²) in [6, 6.07) is 13.0. The van der Waals surface area contributed by atoms with Gasteiger partial charge in [0.1, 0.15) is 11.5 Å². The molecule has 0 spiro atoms. The highest BCUT2D eigenvalue weighted by atomic mass is 19.1. The number of carbonyl (C=O) groups is 1. The summed E-state index contributed by atoms with van der Waals surface area (Å²) in [5, 5.41) is 5.66. The van der Waals surface area contributed by atoms with Crippen molar-refractivity contribution in [3.8, 4) is 11.5 Å². The van der Waals surface area contributed by atoms with E-state index in [1.54, 1.807) is 50.6 Å². The molecule has 0 atom stereocenters. The van der Waals surface area contributed by atoms with Crippen molar-refractivity contribution in [2.75, 3.05) is 19.5 Å². The van der Waals surface area contributed by atoms with Crippen molar-refractivity contribution < 1.29 is 18.7 Å². The lowest BCUT2D eigenvalue weighted by Gasteiger charge is -2.11. The van der Waals surface area contributed by atoms with Gasteiger partial charge in [0.2, 0.25) is 5.95 Å². The lowest BCUT2D eigenvalue weighted by atomic mass is 10.2. The smallest absolute Gasteiger partial charge is 0.270 e. The first kappa shape index (κ1) is 19.1. The second-order valence-corrected chi connectivity index (χ2v) is 5.73. The van der Waals surface area contributed by atoms with Crippen LogP contribution in [0.2, 0.25) is 0 Å². The number of hydrogen-bond donors (Lipinski definition) is 2. The second kappa shape index (κ2) is 8.81. The van der Waals surface area contributed by atoms with Crippen molar-refractivity contribution in [2.45, 2.75) is 6.54 Å². The molecule has 7 nitrogen and oxygen atoms in total. The average Bonchev–Trinajstić information content (AvgIpc) is 2.73. The van der Waals surface area contributed by atoms with Crippen LogP contribution in [0.15, 0.2) is 54.7 Å². The van der Waals surface area contributed by atoms with E-state index in [2.05, 4.69) is 20.6 Å². The molecule has 0 unspecified atom stereocenters. The third-order valence-corrected chi connectivity index (χ3v) is 3.93. The number of amides is 1. The zero-order chi connectivity index (χ0) is 19.9. The van der Waals surface area contributed by atoms with E-state index in [1.165, 1.54) is 18.3 Å². The summed E-state index contributed by atoms with van der Waals surface area (Å²) < 4.78 is 24.1. The minimum absolute atomic E-state index is 0.0634. The van der Waals surface area contributed by atoms with Gasteiger partial charge in [0.15, 0.2) is 11.5 Å². The molecule has 3 aromatic rings. The predicted molar refractivity (Wildman–Crippen MR) is 102 cm³/mol. The normalized spacial score (nSPS) is 10.2. The Morgan fingerprint density at radius 1 is 1.07 bits per heavy atom. The van der Waals surface area contributed by atoms with Crippen molar-refractivity contribution in [3.05, 3.63) is 71.8 Å². The third-order valence-electron chi connectivity index (χ3n) is 3.93. The number of methoxy groups -OCH3 is 2. The number of ether oxygens (including phenoxy) is 2. The maximum absolute atomic E-state index is 13.7. The van der Waals surface area contributed by atoms with Crippen LogP contribution in [0.4, 0.5) is 16.0 Å². The molecule has 28 heavy (non-hydrogen) atoms. The van der Waals surface area contributed by atoms with Crippen LogP contribution in [0.3, 0.4) is 0 Å². The van der Waals surface area contributed by atoms with Crippen molar-refractivity contribution in [1.82, 2.24) is 15.3 Å². The van der Waals surface area contributed by atoms with Gasteiger partial charge in [-0.3, -0.25) is 4.79 Å². The van der Waals surface area contributed by atoms with Gasteiger partial charge >= 0.3 is 0 Å². The molecule has 0 bridgehead atoms. The number of carbonyl (C=O) groups excluding carboxylic acids is 1. The maximum Gasteiger partial charge on any atom is 0.270 e. The second-order valence-electron chi connectivity index (χ2n) is 5.73. The van der Waals surface area contributed by atoms with Crippen LogP contribution in [0.1, 0.15) is 16.1 Å². The number of hydrogen-bond acceptors (Lipinski definition) is 6. The fraction of sp³-hybridized carbons (Fsp3) is 0.150. The monoisotopic (exact) mass is 382 g/mol. The molecule has 8 heteroatoms. The molecule has 0 aliphatic rings. The van der Waals surface area contributed by atoms with E-state index in [9.17, 15) is 9.18 Å². The molecule has 0 fully saturated rings. The van der Waals surface area contributed by atoms with Crippen LogP contribution in [-0.2, 0) is 6.54 Å². The Hall–Kier alpha value is -3.68. The van der Waals surface area contributed by atoms with Crippen LogP contribution in [0.5, 0.6) is 11.5 Å². The Balaban J connectivity index is 1.70. The first-order chi connectivity index (χ1) is 13.6. The van der Waals surface area contributed by atoms with Crippen LogP contribution in [0.25, 0.3) is 0 Å². The first-order valence-electron chi connectivity index (χ1n) is 8.44. The van der Waals surface area contributed by atoms with Gasteiger partial charge in [-0.15, -0.1) is 0 Å². The van der Waals surface area contributed by atoms with E-state index in [-0.39, 0.29) is 24.0 Å². The van der Waals surface area contributed by atoms with E-state index < -0.39 is 5.91 Å². The Morgan fingerprint density at radius 3 is 2.61 bits per heavy atom. The van der Waals surface area contributed by atoms with Gasteiger partial charge in [0.05, 0.1) is 14.2 Å². The van der Waals surface area contributed by atoms with Gasteiger partial charge in [-0.05, 0) is 24.3 Å². The number of aromatic nitrogens is 2. The van der Waals surface area contributed by atoms with E-state index >= 15 is 0 Å². The molecular weight excluding hydrogens is 363 g/mol. The summed E-state index contributed by atoms with van der Waals surface area (Å²) in [7, 11) is 3.09. The zero-order valence-electron chi connectivity index (χ0n) is 15.4. The predicted octanol–water partition coefficient (Wildman–Crippen LogP) is 3.31. The Labute approximate surface area is 161 Å². The van der Waals surface area contributed by atoms with Gasteiger partial charge < -0.3 is 20.1 Å². The number of nitrogens with zero attached hydrogens (tertiary/aromatic N) is 2. The number of benzene rings is 2. The van der Waals surface area contributed by atoms with Crippen LogP contribution >= 0.6 is 0 Å². The van der Waals surface area contributed by atoms with Crippen LogP contribution in [0, 0.1) is 5.82 Å². The lowest BCUT2D eigenvalue weighted by molar-refractivity contribution is 0.0945. The number of halogens is 1. The summed E-state index contributed by atoms with van der Waals surface area (Å²) in [5.41, 5.74) is 1.23. The molecule has 1 aromatic heterocycles. The molecular formula is C20H19FN4O3. The maximum atomic E-state index is 13.7. The van der Waals surface area contributed by atoms with Gasteiger partial charge in [-0.1, -0.05) is 18.2 Å². The van der Waals surface area contributed by atoms with Crippen molar-refractivity contribution in [2.24, 2.45) is 0 Å². The van der Waals surface area contributed by atoms with Gasteiger partial charge in [-0.25, -0.2) is 14.4 Å². The summed E-state index contributed by atoms with van der Waals surface area (Å²) in [6.45, 7) is 0.0634. The quantitative estimate of drug-likeness (QED) is 0.652. The van der Waals surface area contributed by atoms with Crippen LogP contribution in [-0.4, -0.2) is 30.1 Å². The highest BCUT2D eigenvalue weighted by molar-refractivity contribution is 5.92. The van der Waals surface area contributed by atoms with E-state index in [0.717, 1.165) is 0 Å². The van der Waals surface area contributed by atoms with Gasteiger partial charge in [-0.2, -0.15) is 0 Å². The molecule has 0 radical (unpaired) electrons. The average molecular weight is 382 g/mol. The summed E-state index contributed by atoms with van der Waals surface area (Å²) in [5.74, 6) is 0.578. The minimum atomic E-state index is -0.430. The van der Waals surface area contributed by atoms with E-state index in [4.69, 9.17) is 9.47 Å². The molecule has 0 saturated heterocycles. The molecule has 1 amide bonds. The topological polar surface area (TPSA) is 85.4 Å². The van der Waals surface area contributed by atoms with Gasteiger partial charge in [0, 0.05) is 30.1 Å². The first-order valence-corrected chi connectivity index (χ1v) is 8.44. The van der Waals surface area contributed by atoms with Crippen molar-refractivity contribution in [1.29, 1.82) is 0 Å². The molecule has 2 N–H and O–H groups in total. The lowest BCUT2D eigenvalue weighted by Crippen LogP contribution is -2.24. The molecule has 3 rings (SSSR count). The standard InChI is InChI=1S/C20H19FN4O3/c1-27-17-8-7-14(11-18(17)28-2)24-20-22-10-9-16(25-20)19(26)23-12-13-5-3-4-6-15(13)21/h3-11H,12H2,1-2H3,(H,23,26)(H,22,24,25). The fourth-order valence-corrected chi connectivity index (χ4v) is 2.50. The molecule has 0 aliphatic carbocycles. The minimum Gasteiger partial charge on any atom is -0.493 e. The number of nitrogens with one attached hydrogen (secondary N) is 2. The molecule has 0 saturated carbocycles. The Morgan fingerprint density at radius 2 is 1.86 bits per heavy atom. The molecule has 0 aliphatic heterocycles. The highest BCUT2D eigenvalue weighted by Crippen LogP contribution is 2.30. The van der Waals surface area contributed by atoms with Crippen molar-refractivity contribution in [3.63, 3.8) is 0 Å². The largest absolute Gasteiger partial charge is 0.493 e. The molecule has 144 valence electrons. The van der Waals surface area contributed by atoms with Crippen molar-refractivity contribution >= 4 is 17.5 Å². The van der Waals surface area contributed by atoms with Gasteiger partial charge in [0.25, 0.3) is 5.91 Å². The SMILES string of the molecule is COc1ccc(Nc2nccc(C(=O)NCc3ccccc3F)n2)cc1OC. The summed E-state index contributed by atoms with van der Waals surface area (Å²) in [4.78, 5) is 20.6. The zero-order valence-corrected chi connectivity index (χ0v) is 15.4. The molecule has 2 aromatic carbocycles. The fourth-order valence-electron chi connectivity index (χ4n) is 2.50. The highest BCUT2D eigenvalue weighted by Gasteiger charge is 2.11. The number of rotatable bonds is 7. The summed E-state index contributed by atoms with van der Waals surface area (Å²) >= 11 is 0. The van der Waals surface area contributed by atoms with E-state index in [1.807, 2.05) is 0 Å². The Kier molecular flexibility index (Phi) is 6.01. The third kappa shape index (κ3) is 4.53. The van der Waals surface area contributed by atoms with Crippen LogP contribution < -0.4 is 20.1 Å². The Bertz CT molecular complexity index is 981. The summed E-state index contributed by atoms with van der Waals surface area (Å²) in [6.07, 6.45) is 1.47.